The first-order chi connectivity index (χ1) is 4.41. The molecule has 0 unspecified atom stereocenters. The Balaban J connectivity index is -0.0000000190. The lowest BCUT2D eigenvalue weighted by Crippen LogP contribution is -2.04. The fourth-order valence-electron chi connectivity index (χ4n) is 0. The zero-order chi connectivity index (χ0) is 8.71. The van der Waals surface area contributed by atoms with Gasteiger partial charge in [0.15, 0.2) is 0 Å². The molecule has 0 spiro atoms. The maximum Gasteiger partial charge on any atom is 0.0332 e. The van der Waals surface area contributed by atoms with Gasteiger partial charge in [0.05, 0.1) is 0 Å². The molecule has 0 aliphatic rings. The highest BCUT2D eigenvalue weighted by Crippen LogP contribution is 1.45. The van der Waals surface area contributed by atoms with Crippen LogP contribution in [0.1, 0.15) is 0 Å². The van der Waals surface area contributed by atoms with Gasteiger partial charge in [-0.05, 0) is 21.1 Å². The Morgan fingerprint density at radius 1 is 0.889 bits per heavy atom. The largest absolute Gasteiger partial charge is 0.333 e. The number of rotatable bonds is 0. The lowest BCUT2D eigenvalue weighted by molar-refractivity contribution is 1.18. The Hall–Kier alpha value is 0.530. The summed E-state index contributed by atoms with van der Waals surface area (Å²) in [5.41, 5.74) is 13.5. The Morgan fingerprint density at radius 2 is 0.889 bits per heavy atom. The van der Waals surface area contributed by atoms with Crippen molar-refractivity contribution in [3.8, 4) is 0 Å². The van der Waals surface area contributed by atoms with Gasteiger partial charge >= 0.3 is 0 Å². The van der Waals surface area contributed by atoms with Crippen molar-refractivity contribution in [1.82, 2.24) is 3.64 Å². The Kier molecular flexibility index (Phi) is 521. The minimum Gasteiger partial charge on any atom is -0.333 e. The van der Waals surface area contributed by atoms with E-state index in [0.717, 1.165) is 0 Å². The summed E-state index contributed by atoms with van der Waals surface area (Å²) >= 11 is 1.82. The average molecular weight is 251 g/mol. The second-order valence-corrected chi connectivity index (χ2v) is 0.732. The van der Waals surface area contributed by atoms with Crippen molar-refractivity contribution in [3.05, 3.63) is 0 Å². The van der Waals surface area contributed by atoms with E-state index in [2.05, 4.69) is 26.7 Å². The lowest BCUT2D eigenvalue weighted by atomic mass is 11.6. The van der Waals surface area contributed by atoms with Crippen LogP contribution >= 0.6 is 22.9 Å². The zero-order valence-corrected chi connectivity index (χ0v) is 8.34. The van der Waals surface area contributed by atoms with Crippen LogP contribution in [0.15, 0.2) is 0 Å². The molecule has 9 N–H and O–H groups in total. The third-order valence-electron chi connectivity index (χ3n) is 0. The first kappa shape index (κ1) is 22.7. The molecule has 0 aromatic heterocycles. The second kappa shape index (κ2) is 207. The van der Waals surface area contributed by atoms with Crippen LogP contribution in [0.4, 0.5) is 0 Å². The molecule has 0 saturated carbocycles. The first-order valence-electron chi connectivity index (χ1n) is 2.21. The minimum atomic E-state index is 1.50. The molecule has 0 fully saturated rings. The van der Waals surface area contributed by atoms with Crippen molar-refractivity contribution in [2.75, 3.05) is 21.1 Å². The quantitative estimate of drug-likeness (QED) is 0.156. The topological polar surface area (TPSA) is 116 Å². The number of hydrogen-bond acceptors (Lipinski definition) is 5. The van der Waals surface area contributed by atoms with E-state index in [1.165, 1.54) is 21.1 Å². The van der Waals surface area contributed by atoms with E-state index < -0.39 is 0 Å². The standard InChI is InChI=1S/3CH5N.H3IN2/c3*1-2;1-3-2/h3*2H2,1H3;3H,2H2. The van der Waals surface area contributed by atoms with Crippen molar-refractivity contribution < 1.29 is 0 Å². The van der Waals surface area contributed by atoms with Gasteiger partial charge in [-0.1, -0.05) is 0 Å². The van der Waals surface area contributed by atoms with Crippen molar-refractivity contribution in [2.24, 2.45) is 23.0 Å². The molecule has 0 aliphatic carbocycles. The molecule has 0 saturated heterocycles. The maximum atomic E-state index is 4.58. The fourth-order valence-corrected chi connectivity index (χ4v) is 0. The number of nitrogens with two attached hydrogens (primary N) is 4. The fraction of sp³-hybridized carbons (Fsp3) is 1.00. The van der Waals surface area contributed by atoms with Crippen LogP contribution in [0.5, 0.6) is 0 Å². The van der Waals surface area contributed by atoms with Gasteiger partial charge in [0.2, 0.25) is 0 Å². The molecule has 0 aliphatic heterocycles. The van der Waals surface area contributed by atoms with Crippen LogP contribution in [-0.2, 0) is 0 Å². The molecule has 0 aromatic rings. The molecule has 6 heteroatoms. The summed E-state index contributed by atoms with van der Waals surface area (Å²) < 4.78 is 2.22. The molecular weight excluding hydrogens is 233 g/mol. The average Bonchev–Trinajstić information content (AvgIpc) is 2.01. The predicted molar refractivity (Wildman–Crippen MR) is 51.7 cm³/mol. The predicted octanol–water partition coefficient (Wildman–Crippen LogP) is -1.48. The molecule has 0 amide bonds. The van der Waals surface area contributed by atoms with Crippen molar-refractivity contribution >= 4 is 22.9 Å². The molecule has 0 aromatic carbocycles. The monoisotopic (exact) mass is 251 g/mol. The Morgan fingerprint density at radius 3 is 0.889 bits per heavy atom. The van der Waals surface area contributed by atoms with Gasteiger partial charge in [-0.3, -0.25) is 5.84 Å². The van der Waals surface area contributed by atoms with Crippen molar-refractivity contribution in [2.45, 2.75) is 0 Å². The van der Waals surface area contributed by atoms with Gasteiger partial charge in [-0.15, -0.1) is 0 Å². The molecule has 0 bridgehead atoms. The highest BCUT2D eigenvalue weighted by molar-refractivity contribution is 14.1. The van der Waals surface area contributed by atoms with E-state index in [0.29, 0.717) is 0 Å². The number of nitrogens with one attached hydrogen (secondary N) is 1. The highest BCUT2D eigenvalue weighted by atomic mass is 127. The molecule has 5 nitrogen and oxygen atoms in total. The van der Waals surface area contributed by atoms with Gasteiger partial charge in [-0.2, -0.15) is 0 Å². The van der Waals surface area contributed by atoms with Gasteiger partial charge < -0.3 is 17.2 Å². The molecule has 0 atom stereocenters. The number of hydrogen-bond donors (Lipinski definition) is 5. The van der Waals surface area contributed by atoms with Gasteiger partial charge in [0, 0.05) is 22.9 Å². The molecular formula is C3H18IN5. The lowest BCUT2D eigenvalue weighted by Gasteiger charge is -1.58. The van der Waals surface area contributed by atoms with E-state index >= 15 is 0 Å². The van der Waals surface area contributed by atoms with Crippen LogP contribution < -0.4 is 26.7 Å². The van der Waals surface area contributed by atoms with E-state index in [-0.39, 0.29) is 0 Å². The zero-order valence-electron chi connectivity index (χ0n) is 6.19. The number of hydrazine groups is 1. The van der Waals surface area contributed by atoms with Crippen molar-refractivity contribution in [3.63, 3.8) is 0 Å². The summed E-state index contributed by atoms with van der Waals surface area (Å²) in [5.74, 6) is 4.58. The Labute approximate surface area is 71.0 Å². The van der Waals surface area contributed by atoms with E-state index in [1.807, 2.05) is 22.9 Å². The minimum absolute atomic E-state index is 1.50. The molecule has 9 heavy (non-hydrogen) atoms. The maximum absolute atomic E-state index is 4.58. The third kappa shape index (κ3) is 1290. The van der Waals surface area contributed by atoms with Crippen molar-refractivity contribution in [1.29, 1.82) is 0 Å². The molecule has 0 radical (unpaired) electrons. The first-order valence-corrected chi connectivity index (χ1v) is 3.29. The third-order valence-corrected chi connectivity index (χ3v) is 0. The normalized spacial score (nSPS) is 4.00. The van der Waals surface area contributed by atoms with E-state index in [1.54, 1.807) is 0 Å². The molecule has 62 valence electrons. The Bertz CT molecular complexity index is 12.2. The summed E-state index contributed by atoms with van der Waals surface area (Å²) in [6.07, 6.45) is 0. The van der Waals surface area contributed by atoms with Crippen LogP contribution in [0.3, 0.4) is 0 Å². The molecule has 0 rings (SSSR count). The number of halogens is 1. The van der Waals surface area contributed by atoms with Gasteiger partial charge in [-0.25, -0.2) is 3.64 Å². The van der Waals surface area contributed by atoms with E-state index in [4.69, 9.17) is 0 Å². The van der Waals surface area contributed by atoms with Crippen LogP contribution in [0.2, 0.25) is 0 Å². The molecule has 0 heterocycles. The van der Waals surface area contributed by atoms with Crippen LogP contribution in [0, 0.1) is 0 Å². The summed E-state index contributed by atoms with van der Waals surface area (Å²) in [6.45, 7) is 0. The summed E-state index contributed by atoms with van der Waals surface area (Å²) in [4.78, 5) is 0. The summed E-state index contributed by atoms with van der Waals surface area (Å²) in [5, 5.41) is 0. The second-order valence-electron chi connectivity index (χ2n) is 0.109. The smallest absolute Gasteiger partial charge is 0.0332 e. The summed E-state index contributed by atoms with van der Waals surface area (Å²) in [7, 11) is 4.50. The van der Waals surface area contributed by atoms with E-state index in [9.17, 15) is 0 Å². The summed E-state index contributed by atoms with van der Waals surface area (Å²) in [6, 6.07) is 0. The van der Waals surface area contributed by atoms with Crippen LogP contribution in [-0.4, -0.2) is 21.1 Å². The SMILES string of the molecule is CN.CN.CN.NNI. The van der Waals surface area contributed by atoms with Crippen LogP contribution in [0.25, 0.3) is 0 Å². The van der Waals surface area contributed by atoms with Gasteiger partial charge in [0.25, 0.3) is 0 Å². The highest BCUT2D eigenvalue weighted by Gasteiger charge is 1.27. The van der Waals surface area contributed by atoms with Gasteiger partial charge in [0.1, 0.15) is 0 Å².